The van der Waals surface area contributed by atoms with E-state index in [9.17, 15) is 30.5 Å². The van der Waals surface area contributed by atoms with Crippen LogP contribution in [0.2, 0.25) is 0 Å². The van der Waals surface area contributed by atoms with E-state index >= 15 is 35.1 Å². The summed E-state index contributed by atoms with van der Waals surface area (Å²) < 4.78 is 218. The number of aliphatic imine (C=N–C) groups is 4. The third-order valence-electron chi connectivity index (χ3n) is 8.98. The monoisotopic (exact) mass is 876 g/mol. The predicted octanol–water partition coefficient (Wildman–Crippen LogP) is 6.28. The third-order valence-corrected chi connectivity index (χ3v) is 10.1. The Hall–Kier alpha value is -5.94. The van der Waals surface area contributed by atoms with Gasteiger partial charge in [0.05, 0.1) is 32.7 Å². The molecule has 57 heavy (non-hydrogen) atoms. The molecule has 25 heteroatoms. The van der Waals surface area contributed by atoms with E-state index in [1.807, 2.05) is 5.32 Å². The van der Waals surface area contributed by atoms with Crippen LogP contribution >= 0.6 is 0 Å². The van der Waals surface area contributed by atoms with Crippen LogP contribution in [0.4, 0.5) is 70.1 Å². The van der Waals surface area contributed by atoms with Gasteiger partial charge in [-0.25, -0.2) is 77.6 Å². The predicted molar refractivity (Wildman–Crippen MR) is 170 cm³/mol. The van der Waals surface area contributed by atoms with E-state index in [0.717, 1.165) is 0 Å². The molecule has 2 aromatic heterocycles. The number of aromatic amines is 2. The van der Waals surface area contributed by atoms with Crippen LogP contribution in [0, 0.1) is 46.5 Å². The SMILES string of the molecule is O=S(=O)(O)C1(F)C(F)=C(F)C(F)=c2c1c1[nH]\c2=N/C2=N\C(=N/c3[nH]c(c4c(F)c(F)c(F)c(F)c34)/N=C3\N=C(N1)c1c(F)c(F)c(F)c(F)c13)c1ccccc12.[Zn]. The van der Waals surface area contributed by atoms with Gasteiger partial charge in [0.15, 0.2) is 81.5 Å². The van der Waals surface area contributed by atoms with Crippen LogP contribution in [-0.4, -0.2) is 46.3 Å². The molecule has 5 aromatic rings. The first-order chi connectivity index (χ1) is 26.4. The Balaban J connectivity index is 0.00000455. The maximum atomic E-state index is 16.6. The zero-order chi connectivity index (χ0) is 40.1. The molecule has 0 saturated heterocycles. The fourth-order valence-corrected chi connectivity index (χ4v) is 7.31. The number of hydrogen-bond donors (Lipinski definition) is 4. The van der Waals surface area contributed by atoms with Crippen molar-refractivity contribution < 1.29 is 85.1 Å². The summed E-state index contributed by atoms with van der Waals surface area (Å²) in [5.41, 5.74) is -6.01. The molecule has 9 rings (SSSR count). The molecule has 11 nitrogen and oxygen atoms in total. The summed E-state index contributed by atoms with van der Waals surface area (Å²) in [5.74, 6) is -33.8. The minimum absolute atomic E-state index is 0. The van der Waals surface area contributed by atoms with Crippen molar-refractivity contribution in [2.75, 3.05) is 5.32 Å². The number of benzene rings is 3. The molecule has 286 valence electrons. The van der Waals surface area contributed by atoms with Gasteiger partial charge in [-0.3, -0.25) is 4.55 Å². The van der Waals surface area contributed by atoms with E-state index in [1.165, 1.54) is 24.3 Å². The molecule has 1 aliphatic carbocycles. The van der Waals surface area contributed by atoms with Crippen LogP contribution < -0.4 is 16.0 Å². The van der Waals surface area contributed by atoms with Crippen LogP contribution in [0.3, 0.4) is 0 Å². The Morgan fingerprint density at radius 2 is 1.11 bits per heavy atom. The van der Waals surface area contributed by atoms with E-state index in [1.54, 1.807) is 0 Å². The average Bonchev–Trinajstić information content (AvgIpc) is 3.90. The number of rotatable bonds is 1. The van der Waals surface area contributed by atoms with E-state index in [-0.39, 0.29) is 30.6 Å². The second-order valence-corrected chi connectivity index (χ2v) is 13.5. The Morgan fingerprint density at radius 3 is 1.67 bits per heavy atom. The van der Waals surface area contributed by atoms with Crippen molar-refractivity contribution in [1.29, 1.82) is 0 Å². The number of aromatic nitrogens is 2. The van der Waals surface area contributed by atoms with Gasteiger partial charge < -0.3 is 15.3 Å². The van der Waals surface area contributed by atoms with Gasteiger partial charge in [-0.15, -0.1) is 0 Å². The summed E-state index contributed by atoms with van der Waals surface area (Å²) in [6.45, 7) is 0. The summed E-state index contributed by atoms with van der Waals surface area (Å²) in [5, 5.41) is -7.07. The van der Waals surface area contributed by atoms with Crippen molar-refractivity contribution in [3.63, 3.8) is 0 Å². The number of nitrogens with zero attached hydrogens (tertiary/aromatic N) is 5. The Kier molecular flexibility index (Phi) is 8.18. The van der Waals surface area contributed by atoms with E-state index in [4.69, 9.17) is 0 Å². The van der Waals surface area contributed by atoms with Gasteiger partial charge in [0, 0.05) is 30.6 Å². The minimum Gasteiger partial charge on any atom is -0.325 e. The largest absolute Gasteiger partial charge is 0.325 e. The van der Waals surface area contributed by atoms with Crippen LogP contribution in [-0.2, 0) is 34.6 Å². The average molecular weight is 878 g/mol. The first-order valence-electron chi connectivity index (χ1n) is 15.1. The molecule has 1 unspecified atom stereocenters. The molecule has 0 amide bonds. The number of anilines is 1. The third kappa shape index (κ3) is 4.87. The van der Waals surface area contributed by atoms with Crippen molar-refractivity contribution >= 4 is 67.5 Å². The number of amidine groups is 4. The second-order valence-electron chi connectivity index (χ2n) is 12.0. The minimum atomic E-state index is -6.54. The van der Waals surface area contributed by atoms with Crippen molar-refractivity contribution in [1.82, 2.24) is 9.97 Å². The molecule has 3 aliphatic heterocycles. The molecule has 0 spiro atoms. The maximum absolute atomic E-state index is 16.6. The van der Waals surface area contributed by atoms with Crippen LogP contribution in [0.5, 0.6) is 0 Å². The first-order valence-corrected chi connectivity index (χ1v) is 16.5. The summed E-state index contributed by atoms with van der Waals surface area (Å²) in [7, 11) is -6.54. The van der Waals surface area contributed by atoms with Crippen molar-refractivity contribution in [2.24, 2.45) is 25.0 Å². The molecule has 0 saturated carbocycles. The summed E-state index contributed by atoms with van der Waals surface area (Å²) in [6, 6.07) is 5.32. The number of halogens is 12. The fraction of sp³-hybridized carbons (Fsp3) is 0.0312. The van der Waals surface area contributed by atoms with E-state index in [2.05, 4.69) is 34.9 Å². The molecule has 0 radical (unpaired) electrons. The van der Waals surface area contributed by atoms with Crippen LogP contribution in [0.1, 0.15) is 27.8 Å². The molecule has 0 fully saturated rings. The number of hydrogen-bond acceptors (Lipinski definition) is 8. The van der Waals surface area contributed by atoms with Crippen molar-refractivity contribution in [2.45, 2.75) is 5.00 Å². The molecule has 5 heterocycles. The van der Waals surface area contributed by atoms with Gasteiger partial charge in [-0.1, -0.05) is 24.3 Å². The van der Waals surface area contributed by atoms with Gasteiger partial charge in [0.1, 0.15) is 28.8 Å². The zero-order valence-corrected chi connectivity index (χ0v) is 30.7. The summed E-state index contributed by atoms with van der Waals surface area (Å²) >= 11 is 0. The summed E-state index contributed by atoms with van der Waals surface area (Å²) in [6.07, 6.45) is 0. The number of nitrogens with one attached hydrogen (secondary N) is 3. The van der Waals surface area contributed by atoms with Gasteiger partial charge >= 0.3 is 15.1 Å². The standard InChI is InChI=1S/C32H8F12N8O3S.Zn/c33-13-7-8(14(34)19(39)18(13)38)27-48-26(7)46-24-5-3-1-2-4-6(5)25(45-24)47-30-11-12(32(44,56(53,54)55)23(43)22(42)17(11)37)31(52-30)51-29-10-9(28(49-27)50-29)15(35)20(40)21(41)16(10)36;/h1-4,48H,(H,49,50,51)(H,53,54,55)(H,45,46,47,52);. The van der Waals surface area contributed by atoms with E-state index in [0.29, 0.717) is 0 Å². The molecule has 4 aliphatic rings. The number of alkyl halides is 1. The smallest absolute Gasteiger partial charge is 0.318 e. The first kappa shape index (κ1) is 38.0. The molecular formula is C32H8F12N8O3SZn. The van der Waals surface area contributed by atoms with E-state index < -0.39 is 158 Å². The topological polar surface area (TPSA) is 160 Å². The van der Waals surface area contributed by atoms with Gasteiger partial charge in [-0.05, 0) is 0 Å². The number of fused-ring (bicyclic) bond motifs is 18. The zero-order valence-electron chi connectivity index (χ0n) is 27.0. The Morgan fingerprint density at radius 1 is 0.596 bits per heavy atom. The second kappa shape index (κ2) is 12.3. The van der Waals surface area contributed by atoms with Crippen LogP contribution in [0.25, 0.3) is 16.6 Å². The van der Waals surface area contributed by atoms with Gasteiger partial charge in [0.2, 0.25) is 0 Å². The van der Waals surface area contributed by atoms with Crippen molar-refractivity contribution in [3.05, 3.63) is 121 Å². The molecular weight excluding hydrogens is 870 g/mol. The van der Waals surface area contributed by atoms with Gasteiger partial charge in [-0.2, -0.15) is 8.42 Å². The quantitative estimate of drug-likeness (QED) is 0.0514. The Bertz CT molecular complexity index is 3190. The van der Waals surface area contributed by atoms with Crippen LogP contribution in [0.15, 0.2) is 60.9 Å². The molecule has 3 aromatic carbocycles. The molecule has 1 atom stereocenters. The normalized spacial score (nSPS) is 20.6. The summed E-state index contributed by atoms with van der Waals surface area (Å²) in [4.78, 5) is 23.8. The molecule has 4 N–H and O–H groups in total. The number of allylic oxidation sites excluding steroid dienone is 1. The van der Waals surface area contributed by atoms with Crippen molar-refractivity contribution in [3.8, 4) is 0 Å². The number of H-pyrrole nitrogens is 2. The van der Waals surface area contributed by atoms with Gasteiger partial charge in [0.25, 0.3) is 0 Å². The fourth-order valence-electron chi connectivity index (χ4n) is 6.53. The Labute approximate surface area is 318 Å². The molecule has 8 bridgehead atoms. The maximum Gasteiger partial charge on any atom is 0.318 e.